The van der Waals surface area contributed by atoms with Crippen LogP contribution in [0.2, 0.25) is 0 Å². The average Bonchev–Trinajstić information content (AvgIpc) is 3.27. The topological polar surface area (TPSA) is 0 Å². The van der Waals surface area contributed by atoms with Gasteiger partial charge in [0.25, 0.3) is 0 Å². The quantitative estimate of drug-likeness (QED) is 0.120. The van der Waals surface area contributed by atoms with Crippen molar-refractivity contribution in [2.75, 3.05) is 13.3 Å². The molecule has 0 aliphatic heterocycles. The van der Waals surface area contributed by atoms with Crippen LogP contribution in [0.5, 0.6) is 0 Å². The monoisotopic (exact) mass is 1130 g/mol. The van der Waals surface area contributed by atoms with Crippen LogP contribution in [0.3, 0.4) is 0 Å². The van der Waals surface area contributed by atoms with Gasteiger partial charge in [0.1, 0.15) is 0 Å². The van der Waals surface area contributed by atoms with Crippen molar-refractivity contribution in [3.05, 3.63) is 0 Å². The van der Waals surface area contributed by atoms with Crippen molar-refractivity contribution >= 4 is 0 Å². The summed E-state index contributed by atoms with van der Waals surface area (Å²) >= 11 is 0. The summed E-state index contributed by atoms with van der Waals surface area (Å²) in [5.41, 5.74) is 0.542. The normalized spacial score (nSPS) is 15.8. The number of hydrogen-bond acceptors (Lipinski definition) is 0. The van der Waals surface area contributed by atoms with Crippen LogP contribution in [0.15, 0.2) is 0 Å². The first-order valence-corrected chi connectivity index (χ1v) is 26.5. The molecule has 0 saturated heterocycles. The summed E-state index contributed by atoms with van der Waals surface area (Å²) in [6, 6.07) is 0. The lowest BCUT2D eigenvalue weighted by Gasteiger charge is -2.13. The maximum absolute atomic E-state index is 11.8. The Kier molecular flexibility index (Phi) is 65.8. The predicted octanol–water partition coefficient (Wildman–Crippen LogP) is 25.4. The molecular weight excluding hydrogens is 1010 g/mol. The lowest BCUT2D eigenvalue weighted by molar-refractivity contribution is -0.171. The highest BCUT2D eigenvalue weighted by atomic mass is 19.4. The molecule has 0 radical (unpaired) electrons. The molecule has 0 aliphatic rings. The van der Waals surface area contributed by atoms with Crippen molar-refractivity contribution < 1.29 is 84.5 Å². The van der Waals surface area contributed by atoms with E-state index in [4.69, 9.17) is 5.48 Å². The van der Waals surface area contributed by atoms with E-state index < -0.39 is 92.2 Å². The molecule has 0 aromatic rings. The molecule has 0 spiro atoms. The minimum atomic E-state index is -4.43. The van der Waals surface area contributed by atoms with Crippen LogP contribution in [0.4, 0.5) is 79.0 Å². The van der Waals surface area contributed by atoms with Crippen LogP contribution in [-0.4, -0.2) is 50.9 Å². The first-order valence-electron chi connectivity index (χ1n) is 28.5. The van der Waals surface area contributed by atoms with Crippen LogP contribution in [0.1, 0.15) is 261 Å². The van der Waals surface area contributed by atoms with Crippen molar-refractivity contribution in [2.24, 2.45) is 58.7 Å². The summed E-state index contributed by atoms with van der Waals surface area (Å²) in [5, 5.41) is 0. The minimum Gasteiger partial charge on any atom is -0.251 e. The molecule has 0 saturated carbocycles. The molecule has 0 nitrogen and oxygen atoms in total. The molecule has 74 heavy (non-hydrogen) atoms. The molecule has 0 amide bonds. The molecule has 0 aromatic heterocycles. The Bertz CT molecular complexity index is 1160. The molecule has 0 bridgehead atoms. The second kappa shape index (κ2) is 57.9. The highest BCUT2D eigenvalue weighted by Crippen LogP contribution is 2.30. The zero-order valence-corrected chi connectivity index (χ0v) is 50.3. The summed E-state index contributed by atoms with van der Waals surface area (Å²) in [6.45, 7) is 39.6. The summed E-state index contributed by atoms with van der Waals surface area (Å²) in [7, 11) is 0. The van der Waals surface area contributed by atoms with Gasteiger partial charge in [-0.2, -0.15) is 52.7 Å². The van der Waals surface area contributed by atoms with Crippen LogP contribution in [0, 0.1) is 58.7 Å². The van der Waals surface area contributed by atoms with E-state index >= 15 is 0 Å². The third-order valence-electron chi connectivity index (χ3n) is 10.6. The molecule has 0 aliphatic carbocycles. The SMILES string of the molecule is CCC(C)(C)C.CCC(C)C(F)(F)F.CCC(C)C(F)F.CCC(C)CF.CCCC(C)C.CCCC(C)C(F)(F)F.CCCC(C)C(F)F.CCCC(C)CF.[2H]C([2H])(C)C(C)C(F)(F)F.[2H]C([2H])(C)CC(C)C(F)(F)F. The van der Waals surface area contributed by atoms with Gasteiger partial charge in [-0.25, -0.2) is 17.6 Å². The van der Waals surface area contributed by atoms with Gasteiger partial charge < -0.3 is 0 Å². The van der Waals surface area contributed by atoms with E-state index in [-0.39, 0.29) is 38.0 Å². The summed E-state index contributed by atoms with van der Waals surface area (Å²) in [5.74, 6) is -5.16. The Morgan fingerprint density at radius 1 is 0.365 bits per heavy atom. The third kappa shape index (κ3) is 93.3. The Morgan fingerprint density at radius 3 is 0.730 bits per heavy atom. The van der Waals surface area contributed by atoms with Crippen molar-refractivity contribution in [1.82, 2.24) is 0 Å². The summed E-state index contributed by atoms with van der Waals surface area (Å²) < 4.78 is 236. The van der Waals surface area contributed by atoms with Gasteiger partial charge in [0, 0.05) is 17.3 Å². The van der Waals surface area contributed by atoms with Gasteiger partial charge >= 0.3 is 24.7 Å². The van der Waals surface area contributed by atoms with E-state index in [0.29, 0.717) is 24.7 Å². The fourth-order valence-corrected chi connectivity index (χ4v) is 3.43. The van der Waals surface area contributed by atoms with Crippen molar-refractivity contribution in [1.29, 1.82) is 0 Å². The number of rotatable bonds is 18. The molecule has 0 aromatic carbocycles. The summed E-state index contributed by atoms with van der Waals surface area (Å²) in [6.07, 6.45) is -15.2. The smallest absolute Gasteiger partial charge is 0.251 e. The van der Waals surface area contributed by atoms with Crippen molar-refractivity contribution in [2.45, 2.75) is 293 Å². The Labute approximate surface area is 448 Å². The maximum Gasteiger partial charge on any atom is 0.391 e. The van der Waals surface area contributed by atoms with E-state index in [2.05, 4.69) is 55.4 Å². The van der Waals surface area contributed by atoms with E-state index in [1.165, 1.54) is 40.0 Å². The highest BCUT2D eigenvalue weighted by Gasteiger charge is 2.36. The molecular formula is C56H114F18. The first-order chi connectivity index (χ1) is 34.6. The second-order valence-corrected chi connectivity index (χ2v) is 20.3. The standard InChI is InChI=1S/2C6H11F3.C6H12F2.C6H13F.2C6H14.2C5H9F3.C5H10F2.C5H11F/c2*1-3-4-5(2)6(7,8)9;1-3-4-5(2)6(7)8;1-3-4-6(2)5-7;1-5-6(2,3)4;1-4-5-6(2)3;2*1-3-4(2)5(6,7)8;1-3-4(2)5(6)7;1-3-5(2)4-6/h2*5H,3-4H2,1-2H3;5-6H,3-4H2,1-2H3;6H,3-5H2,1-2H3;5H2,1-4H3;6H,4-5H2,1-3H3;2*4H,3H2,1-2H3;4-5H,3H2,1-2H3;5H,3-4H2,1-2H3/i3D2;;;;;;3D2;;;. The third-order valence-corrected chi connectivity index (χ3v) is 10.6. The molecule has 8 atom stereocenters. The zero-order valence-electron chi connectivity index (χ0n) is 54.3. The van der Waals surface area contributed by atoms with Gasteiger partial charge in [-0.05, 0) is 68.1 Å². The minimum absolute atomic E-state index is 0.159. The van der Waals surface area contributed by atoms with Crippen molar-refractivity contribution in [3.63, 3.8) is 0 Å². The van der Waals surface area contributed by atoms with E-state index in [1.54, 1.807) is 27.7 Å². The predicted molar refractivity (Wildman–Crippen MR) is 282 cm³/mol. The molecule has 0 N–H and O–H groups in total. The number of alkyl halides is 18. The Morgan fingerprint density at radius 2 is 0.676 bits per heavy atom. The molecule has 464 valence electrons. The Balaban J connectivity index is -0.0000000829. The second-order valence-electron chi connectivity index (χ2n) is 20.3. The number of hydrogen-bond donors (Lipinski definition) is 0. The van der Waals surface area contributed by atoms with Crippen LogP contribution in [-0.2, 0) is 0 Å². The van der Waals surface area contributed by atoms with E-state index in [0.717, 1.165) is 59.3 Å². The largest absolute Gasteiger partial charge is 0.391 e. The number of halogens is 18. The lowest BCUT2D eigenvalue weighted by Crippen LogP contribution is -2.19. The molecule has 0 fully saturated rings. The lowest BCUT2D eigenvalue weighted by atomic mass is 9.94. The molecule has 0 heterocycles. The summed E-state index contributed by atoms with van der Waals surface area (Å²) in [4.78, 5) is 0. The van der Waals surface area contributed by atoms with Gasteiger partial charge in [0.15, 0.2) is 0 Å². The van der Waals surface area contributed by atoms with Gasteiger partial charge in [-0.3, -0.25) is 8.78 Å². The van der Waals surface area contributed by atoms with Crippen molar-refractivity contribution in [3.8, 4) is 0 Å². The first kappa shape index (κ1) is 84.0. The molecule has 0 rings (SSSR count). The molecule has 8 unspecified atom stereocenters. The van der Waals surface area contributed by atoms with Crippen LogP contribution in [0.25, 0.3) is 0 Å². The van der Waals surface area contributed by atoms with Gasteiger partial charge in [-0.1, -0.05) is 211 Å². The fraction of sp³-hybridized carbons (Fsp3) is 1.00. The van der Waals surface area contributed by atoms with Crippen LogP contribution >= 0.6 is 0 Å². The fourth-order valence-electron chi connectivity index (χ4n) is 3.43. The van der Waals surface area contributed by atoms with Gasteiger partial charge in [0.05, 0.1) is 37.0 Å². The maximum atomic E-state index is 11.8. The van der Waals surface area contributed by atoms with Crippen LogP contribution < -0.4 is 0 Å². The van der Waals surface area contributed by atoms with E-state index in [1.807, 2.05) is 27.7 Å². The average molecular weight is 1130 g/mol. The highest BCUT2D eigenvalue weighted by molar-refractivity contribution is 4.62. The van der Waals surface area contributed by atoms with Gasteiger partial charge in [-0.15, -0.1) is 0 Å². The Hall–Kier alpha value is -1.26. The molecule has 18 heteroatoms. The zero-order chi connectivity index (χ0) is 65.5. The van der Waals surface area contributed by atoms with Gasteiger partial charge in [0.2, 0.25) is 12.9 Å². The van der Waals surface area contributed by atoms with E-state index in [9.17, 15) is 79.0 Å².